The molecular weight excluding hydrogens is 428 g/mol. The lowest BCUT2D eigenvalue weighted by Gasteiger charge is -2.23. The van der Waals surface area contributed by atoms with Crippen LogP contribution in [-0.4, -0.2) is 45.3 Å². The van der Waals surface area contributed by atoms with Gasteiger partial charge in [-0.1, -0.05) is 41.9 Å². The molecule has 1 saturated heterocycles. The minimum Gasteiger partial charge on any atom is -0.382 e. The molecule has 1 aliphatic heterocycles. The molecule has 0 unspecified atom stereocenters. The fraction of sp³-hybridized carbons (Fsp3) is 0.217. The highest BCUT2D eigenvalue weighted by Gasteiger charge is 2.23. The molecule has 1 fully saturated rings. The Balaban J connectivity index is 1.63. The molecule has 0 saturated carbocycles. The van der Waals surface area contributed by atoms with E-state index in [-0.39, 0.29) is 23.5 Å². The van der Waals surface area contributed by atoms with Crippen molar-refractivity contribution in [3.8, 4) is 22.5 Å². The van der Waals surface area contributed by atoms with Crippen molar-refractivity contribution >= 4 is 34.2 Å². The number of nitrogens with two attached hydrogens (primary N) is 1. The van der Waals surface area contributed by atoms with Crippen LogP contribution in [0.5, 0.6) is 0 Å². The van der Waals surface area contributed by atoms with Crippen LogP contribution in [0.3, 0.4) is 0 Å². The standard InChI is InChI=1S/C23H21ClN6O2/c24-17-11-14(10-15-12-26-30-18(15)17)20-19(13-4-2-1-3-5-13)29-22(25)21(28-20)23(31)27-16-6-8-32-9-7-16/h1-5,10-12,16H,6-9H2,(H2,25,29)(H,26,30)(H,27,31). The normalized spacial score (nSPS) is 14.5. The summed E-state index contributed by atoms with van der Waals surface area (Å²) in [7, 11) is 0. The number of hydrogen-bond acceptors (Lipinski definition) is 6. The SMILES string of the molecule is Nc1nc(-c2ccccc2)c(-c2cc(Cl)c3[nH]ncc3c2)nc1C(=O)NC1CCOCC1. The first-order valence-corrected chi connectivity index (χ1v) is 10.7. The number of ether oxygens (including phenoxy) is 1. The van der Waals surface area contributed by atoms with E-state index in [0.29, 0.717) is 29.6 Å². The third-order valence-electron chi connectivity index (χ3n) is 5.52. The number of H-pyrrole nitrogens is 1. The van der Waals surface area contributed by atoms with E-state index in [1.165, 1.54) is 0 Å². The molecule has 0 atom stereocenters. The Kier molecular flexibility index (Phi) is 5.46. The summed E-state index contributed by atoms with van der Waals surface area (Å²) in [6.07, 6.45) is 3.19. The van der Waals surface area contributed by atoms with E-state index in [4.69, 9.17) is 27.1 Å². The lowest BCUT2D eigenvalue weighted by atomic mass is 10.0. The molecule has 1 amide bonds. The third-order valence-corrected chi connectivity index (χ3v) is 5.81. The van der Waals surface area contributed by atoms with Gasteiger partial charge in [0.2, 0.25) is 0 Å². The van der Waals surface area contributed by atoms with E-state index in [1.807, 2.05) is 36.4 Å². The number of amides is 1. The third kappa shape index (κ3) is 3.90. The zero-order valence-corrected chi connectivity index (χ0v) is 17.9. The number of nitrogens with zero attached hydrogens (tertiary/aromatic N) is 3. The smallest absolute Gasteiger partial charge is 0.273 e. The van der Waals surface area contributed by atoms with Crippen LogP contribution in [0.25, 0.3) is 33.4 Å². The van der Waals surface area contributed by atoms with Gasteiger partial charge in [0.1, 0.15) is 0 Å². The second kappa shape index (κ2) is 8.57. The summed E-state index contributed by atoms with van der Waals surface area (Å²) in [5.74, 6) is -0.272. The predicted molar refractivity (Wildman–Crippen MR) is 123 cm³/mol. The maximum absolute atomic E-state index is 13.0. The molecule has 2 aromatic heterocycles. The molecule has 8 nitrogen and oxygen atoms in total. The quantitative estimate of drug-likeness (QED) is 0.436. The van der Waals surface area contributed by atoms with Crippen LogP contribution >= 0.6 is 11.6 Å². The Morgan fingerprint density at radius 3 is 2.62 bits per heavy atom. The Morgan fingerprint density at radius 1 is 1.09 bits per heavy atom. The van der Waals surface area contributed by atoms with Gasteiger partial charge in [-0.2, -0.15) is 5.10 Å². The summed E-state index contributed by atoms with van der Waals surface area (Å²) >= 11 is 6.48. The van der Waals surface area contributed by atoms with Gasteiger partial charge in [-0.05, 0) is 25.0 Å². The number of hydrogen-bond donors (Lipinski definition) is 3. The van der Waals surface area contributed by atoms with Gasteiger partial charge in [-0.15, -0.1) is 0 Å². The fourth-order valence-electron chi connectivity index (χ4n) is 3.86. The first kappa shape index (κ1) is 20.4. The van der Waals surface area contributed by atoms with Gasteiger partial charge in [-0.3, -0.25) is 9.89 Å². The first-order chi connectivity index (χ1) is 15.6. The number of benzene rings is 2. The average Bonchev–Trinajstić information content (AvgIpc) is 3.29. The van der Waals surface area contributed by atoms with Gasteiger partial charge in [0, 0.05) is 35.8 Å². The van der Waals surface area contributed by atoms with Crippen molar-refractivity contribution in [1.29, 1.82) is 0 Å². The monoisotopic (exact) mass is 448 g/mol. The molecule has 2 aromatic carbocycles. The van der Waals surface area contributed by atoms with E-state index in [0.717, 1.165) is 34.9 Å². The zero-order chi connectivity index (χ0) is 22.1. The number of fused-ring (bicyclic) bond motifs is 1. The van der Waals surface area contributed by atoms with Gasteiger partial charge < -0.3 is 15.8 Å². The van der Waals surface area contributed by atoms with Crippen molar-refractivity contribution in [1.82, 2.24) is 25.5 Å². The molecule has 9 heteroatoms. The van der Waals surface area contributed by atoms with Crippen molar-refractivity contribution in [2.45, 2.75) is 18.9 Å². The summed E-state index contributed by atoms with van der Waals surface area (Å²) < 4.78 is 5.37. The number of aromatic amines is 1. The molecule has 5 rings (SSSR count). The molecule has 0 bridgehead atoms. The maximum atomic E-state index is 13.0. The van der Waals surface area contributed by atoms with Gasteiger partial charge in [0.25, 0.3) is 5.91 Å². The van der Waals surface area contributed by atoms with Crippen LogP contribution in [-0.2, 0) is 4.74 Å². The van der Waals surface area contributed by atoms with Gasteiger partial charge >= 0.3 is 0 Å². The van der Waals surface area contributed by atoms with E-state index in [1.54, 1.807) is 12.3 Å². The highest BCUT2D eigenvalue weighted by molar-refractivity contribution is 6.35. The van der Waals surface area contributed by atoms with Crippen LogP contribution < -0.4 is 11.1 Å². The van der Waals surface area contributed by atoms with Crippen LogP contribution in [0, 0.1) is 0 Å². The summed E-state index contributed by atoms with van der Waals surface area (Å²) in [6, 6.07) is 13.3. The van der Waals surface area contributed by atoms with Crippen molar-refractivity contribution in [2.75, 3.05) is 18.9 Å². The minimum absolute atomic E-state index is 0.0198. The summed E-state index contributed by atoms with van der Waals surface area (Å²) in [4.78, 5) is 22.3. The van der Waals surface area contributed by atoms with Gasteiger partial charge in [-0.25, -0.2) is 9.97 Å². The van der Waals surface area contributed by atoms with Gasteiger partial charge in [0.15, 0.2) is 11.5 Å². The molecule has 32 heavy (non-hydrogen) atoms. The lowest BCUT2D eigenvalue weighted by molar-refractivity contribution is 0.0694. The Bertz CT molecular complexity index is 1280. The lowest BCUT2D eigenvalue weighted by Crippen LogP contribution is -2.39. The minimum atomic E-state index is -0.349. The van der Waals surface area contributed by atoms with Crippen molar-refractivity contribution < 1.29 is 9.53 Å². The topological polar surface area (TPSA) is 119 Å². The molecule has 1 aliphatic rings. The number of carbonyl (C=O) groups is 1. The predicted octanol–water partition coefficient (Wildman–Crippen LogP) is 3.83. The van der Waals surface area contributed by atoms with Gasteiger partial charge in [0.05, 0.1) is 28.1 Å². The molecule has 3 heterocycles. The molecule has 0 radical (unpaired) electrons. The van der Waals surface area contributed by atoms with Crippen LogP contribution in [0.2, 0.25) is 5.02 Å². The second-order valence-corrected chi connectivity index (χ2v) is 8.08. The molecular formula is C23H21ClN6O2. The zero-order valence-electron chi connectivity index (χ0n) is 17.1. The highest BCUT2D eigenvalue weighted by Crippen LogP contribution is 2.34. The average molecular weight is 449 g/mol. The van der Waals surface area contributed by atoms with E-state index < -0.39 is 0 Å². The molecule has 162 valence electrons. The number of nitrogen functional groups attached to an aromatic ring is 1. The second-order valence-electron chi connectivity index (χ2n) is 7.67. The first-order valence-electron chi connectivity index (χ1n) is 10.3. The van der Waals surface area contributed by atoms with Crippen molar-refractivity contribution in [3.63, 3.8) is 0 Å². The number of aromatic nitrogens is 4. The summed E-state index contributed by atoms with van der Waals surface area (Å²) in [6.45, 7) is 1.24. The van der Waals surface area contributed by atoms with Crippen LogP contribution in [0.15, 0.2) is 48.7 Å². The van der Waals surface area contributed by atoms with Crippen LogP contribution in [0.4, 0.5) is 5.82 Å². The number of nitrogens with one attached hydrogen (secondary N) is 2. The Hall–Kier alpha value is -3.49. The molecule has 4 N–H and O–H groups in total. The Labute approximate surface area is 189 Å². The van der Waals surface area contributed by atoms with E-state index >= 15 is 0 Å². The number of rotatable bonds is 4. The molecule has 0 spiro atoms. The number of carbonyl (C=O) groups excluding carboxylic acids is 1. The van der Waals surface area contributed by atoms with E-state index in [2.05, 4.69) is 20.5 Å². The molecule has 0 aliphatic carbocycles. The van der Waals surface area contributed by atoms with Crippen LogP contribution in [0.1, 0.15) is 23.3 Å². The highest BCUT2D eigenvalue weighted by atomic mass is 35.5. The molecule has 4 aromatic rings. The van der Waals surface area contributed by atoms with E-state index in [9.17, 15) is 4.79 Å². The number of halogens is 1. The number of anilines is 1. The summed E-state index contributed by atoms with van der Waals surface area (Å²) in [5.41, 5.74) is 9.69. The summed E-state index contributed by atoms with van der Waals surface area (Å²) in [5, 5.41) is 11.3. The fourth-order valence-corrected chi connectivity index (χ4v) is 4.13. The largest absolute Gasteiger partial charge is 0.382 e. The van der Waals surface area contributed by atoms with Crippen molar-refractivity contribution in [3.05, 3.63) is 59.4 Å². The maximum Gasteiger partial charge on any atom is 0.273 e. The van der Waals surface area contributed by atoms with Crippen molar-refractivity contribution in [2.24, 2.45) is 0 Å². The Morgan fingerprint density at radius 2 is 1.84 bits per heavy atom.